The largest absolute Gasteiger partial charge is 0.206 e. The van der Waals surface area contributed by atoms with E-state index in [4.69, 9.17) is 5.26 Å². The summed E-state index contributed by atoms with van der Waals surface area (Å²) in [5, 5.41) is 8.37. The number of rotatable bonds is 0. The second-order valence-electron chi connectivity index (χ2n) is 2.03. The van der Waals surface area contributed by atoms with Gasteiger partial charge in [0.25, 0.3) is 0 Å². The third-order valence-electron chi connectivity index (χ3n) is 1.32. The molecule has 0 bridgehead atoms. The predicted molar refractivity (Wildman–Crippen MR) is 40.0 cm³/mol. The Morgan fingerprint density at radius 3 is 2.80 bits per heavy atom. The number of nitrogens with zero attached hydrogens (tertiary/aromatic N) is 1. The number of hydrogen-bond donors (Lipinski definition) is 0. The van der Waals surface area contributed by atoms with Gasteiger partial charge in [0.05, 0.1) is 6.07 Å². The van der Waals surface area contributed by atoms with Gasteiger partial charge in [-0.15, -0.1) is 0 Å². The Labute approximate surface area is 67.0 Å². The number of hydrogen-bond acceptors (Lipinski definition) is 1. The van der Waals surface area contributed by atoms with Crippen molar-refractivity contribution in [3.8, 4) is 6.07 Å². The summed E-state index contributed by atoms with van der Waals surface area (Å²) in [5.41, 5.74) is 0.515. The van der Waals surface area contributed by atoms with Gasteiger partial charge in [-0.1, -0.05) is 15.9 Å². The maximum Gasteiger partial charge on any atom is 0.134 e. The van der Waals surface area contributed by atoms with Crippen LogP contribution in [0.2, 0.25) is 0 Å². The molecule has 0 heterocycles. The summed E-state index contributed by atoms with van der Waals surface area (Å²) < 4.78 is 13.2. The Hall–Kier alpha value is -0.620. The van der Waals surface area contributed by atoms with Crippen LogP contribution in [0.15, 0.2) is 22.0 Å². The quantitative estimate of drug-likeness (QED) is 0.592. The third kappa shape index (κ3) is 1.45. The van der Waals surface area contributed by atoms with E-state index in [1.54, 1.807) is 0 Å². The maximum atomic E-state index is 12.6. The molecule has 0 aromatic rings. The van der Waals surface area contributed by atoms with Gasteiger partial charge >= 0.3 is 0 Å². The van der Waals surface area contributed by atoms with Crippen LogP contribution in [0.1, 0.15) is 12.8 Å². The van der Waals surface area contributed by atoms with Crippen LogP contribution < -0.4 is 0 Å². The molecule has 0 aliphatic heterocycles. The van der Waals surface area contributed by atoms with Crippen molar-refractivity contribution >= 4 is 15.9 Å². The first kappa shape index (κ1) is 7.49. The van der Waals surface area contributed by atoms with E-state index in [0.29, 0.717) is 22.9 Å². The molecule has 1 nitrogen and oxygen atoms in total. The van der Waals surface area contributed by atoms with E-state index in [1.165, 1.54) is 6.08 Å². The molecule has 0 saturated carbocycles. The fraction of sp³-hybridized carbons (Fsp3) is 0.286. The highest BCUT2D eigenvalue weighted by Gasteiger charge is 2.09. The predicted octanol–water partition coefficient (Wildman–Crippen LogP) is 2.81. The first-order valence-electron chi connectivity index (χ1n) is 2.89. The molecule has 0 spiro atoms. The van der Waals surface area contributed by atoms with Crippen molar-refractivity contribution in [1.82, 2.24) is 0 Å². The van der Waals surface area contributed by atoms with Gasteiger partial charge in [0.15, 0.2) is 0 Å². The highest BCUT2D eigenvalue weighted by Crippen LogP contribution is 2.28. The van der Waals surface area contributed by atoms with Crippen LogP contribution in [0.3, 0.4) is 0 Å². The lowest BCUT2D eigenvalue weighted by Gasteiger charge is -2.05. The molecule has 3 heteroatoms. The summed E-state index contributed by atoms with van der Waals surface area (Å²) in [7, 11) is 0. The number of nitriles is 1. The minimum Gasteiger partial charge on any atom is -0.206 e. The summed E-state index contributed by atoms with van der Waals surface area (Å²) in [4.78, 5) is 0. The lowest BCUT2D eigenvalue weighted by atomic mass is 10.1. The topological polar surface area (TPSA) is 23.8 Å². The molecular weight excluding hydrogens is 197 g/mol. The Kier molecular flexibility index (Phi) is 2.23. The summed E-state index contributed by atoms with van der Waals surface area (Å²) >= 11 is 3.06. The molecule has 0 radical (unpaired) electrons. The van der Waals surface area contributed by atoms with Crippen LogP contribution >= 0.6 is 15.9 Å². The van der Waals surface area contributed by atoms with Crippen molar-refractivity contribution in [1.29, 1.82) is 5.26 Å². The van der Waals surface area contributed by atoms with E-state index in [1.807, 2.05) is 6.07 Å². The van der Waals surface area contributed by atoms with Crippen molar-refractivity contribution in [2.24, 2.45) is 0 Å². The second-order valence-corrected chi connectivity index (χ2v) is 2.99. The monoisotopic (exact) mass is 201 g/mol. The molecule has 1 aliphatic rings. The van der Waals surface area contributed by atoms with Gasteiger partial charge in [-0.2, -0.15) is 5.26 Å². The lowest BCUT2D eigenvalue weighted by Crippen LogP contribution is -1.89. The van der Waals surface area contributed by atoms with Crippen LogP contribution in [0.25, 0.3) is 0 Å². The highest BCUT2D eigenvalue weighted by molar-refractivity contribution is 9.11. The molecule has 0 N–H and O–H groups in total. The zero-order valence-electron chi connectivity index (χ0n) is 5.19. The van der Waals surface area contributed by atoms with Gasteiger partial charge in [-0.3, -0.25) is 0 Å². The van der Waals surface area contributed by atoms with Crippen molar-refractivity contribution in [2.45, 2.75) is 12.8 Å². The fourth-order valence-electron chi connectivity index (χ4n) is 0.755. The van der Waals surface area contributed by atoms with Gasteiger partial charge in [0, 0.05) is 10.1 Å². The van der Waals surface area contributed by atoms with Gasteiger partial charge in [-0.25, -0.2) is 4.39 Å². The SMILES string of the molecule is N#CC1=CC(F)=C(Br)CC1. The van der Waals surface area contributed by atoms with Gasteiger partial charge < -0.3 is 0 Å². The van der Waals surface area contributed by atoms with Crippen molar-refractivity contribution in [3.63, 3.8) is 0 Å². The molecule has 0 atom stereocenters. The standard InChI is InChI=1S/C7H5BrFN/c8-6-2-1-5(4-10)3-7(6)9/h3H,1-2H2. The van der Waals surface area contributed by atoms with Gasteiger partial charge in [0.1, 0.15) is 5.83 Å². The summed E-state index contributed by atoms with van der Waals surface area (Å²) in [6, 6.07) is 1.92. The second kappa shape index (κ2) is 2.98. The summed E-state index contributed by atoms with van der Waals surface area (Å²) in [5.74, 6) is -0.317. The highest BCUT2D eigenvalue weighted by atomic mass is 79.9. The first-order valence-corrected chi connectivity index (χ1v) is 3.68. The molecular formula is C7H5BrFN. The fourth-order valence-corrected chi connectivity index (χ4v) is 1.07. The van der Waals surface area contributed by atoms with E-state index in [-0.39, 0.29) is 5.83 Å². The molecule has 10 heavy (non-hydrogen) atoms. The summed E-state index contributed by atoms with van der Waals surface area (Å²) in [6.07, 6.45) is 2.52. The van der Waals surface area contributed by atoms with Crippen LogP contribution in [0.4, 0.5) is 4.39 Å². The Morgan fingerprint density at radius 1 is 1.60 bits per heavy atom. The molecule has 1 rings (SSSR count). The van der Waals surface area contributed by atoms with Crippen molar-refractivity contribution in [2.75, 3.05) is 0 Å². The van der Waals surface area contributed by atoms with Crippen LogP contribution in [-0.4, -0.2) is 0 Å². The molecule has 0 aromatic heterocycles. The van der Waals surface area contributed by atoms with Crippen molar-refractivity contribution in [3.05, 3.63) is 22.0 Å². The minimum atomic E-state index is -0.317. The Bertz CT molecular complexity index is 247. The zero-order valence-corrected chi connectivity index (χ0v) is 6.78. The van der Waals surface area contributed by atoms with E-state index in [2.05, 4.69) is 15.9 Å². The van der Waals surface area contributed by atoms with Crippen LogP contribution in [0, 0.1) is 11.3 Å². The molecule has 0 unspecified atom stereocenters. The molecule has 52 valence electrons. The average molecular weight is 202 g/mol. The first-order chi connectivity index (χ1) is 4.74. The Balaban J connectivity index is 2.89. The minimum absolute atomic E-state index is 0.317. The van der Waals surface area contributed by atoms with Crippen LogP contribution in [0.5, 0.6) is 0 Å². The number of halogens is 2. The average Bonchev–Trinajstić information content (AvgIpc) is 1.95. The maximum absolute atomic E-state index is 12.6. The summed E-state index contributed by atoms with van der Waals surface area (Å²) in [6.45, 7) is 0. The van der Waals surface area contributed by atoms with Gasteiger partial charge in [0.2, 0.25) is 0 Å². The number of allylic oxidation sites excluding steroid dienone is 4. The van der Waals surface area contributed by atoms with E-state index in [0.717, 1.165) is 0 Å². The lowest BCUT2D eigenvalue weighted by molar-refractivity contribution is 0.647. The van der Waals surface area contributed by atoms with E-state index >= 15 is 0 Å². The molecule has 1 aliphatic carbocycles. The molecule has 0 saturated heterocycles. The molecule has 0 fully saturated rings. The third-order valence-corrected chi connectivity index (χ3v) is 2.09. The Morgan fingerprint density at radius 2 is 2.30 bits per heavy atom. The van der Waals surface area contributed by atoms with Crippen LogP contribution in [-0.2, 0) is 0 Å². The van der Waals surface area contributed by atoms with E-state index < -0.39 is 0 Å². The molecule has 0 aromatic carbocycles. The molecule has 0 amide bonds. The van der Waals surface area contributed by atoms with Gasteiger partial charge in [-0.05, 0) is 18.9 Å². The van der Waals surface area contributed by atoms with E-state index in [9.17, 15) is 4.39 Å². The zero-order chi connectivity index (χ0) is 7.56. The van der Waals surface area contributed by atoms with Crippen molar-refractivity contribution < 1.29 is 4.39 Å². The smallest absolute Gasteiger partial charge is 0.134 e. The normalized spacial score (nSPS) is 18.3.